The van der Waals surface area contributed by atoms with Crippen molar-refractivity contribution in [2.45, 2.75) is 39.2 Å². The molecule has 0 saturated carbocycles. The summed E-state index contributed by atoms with van der Waals surface area (Å²) in [6.45, 7) is 12.0. The Balaban J connectivity index is 0.00000280. The van der Waals surface area contributed by atoms with Crippen LogP contribution in [0.15, 0.2) is 22.5 Å². The van der Waals surface area contributed by atoms with Crippen LogP contribution in [0.5, 0.6) is 0 Å². The molecular formula is C21H38IN5S. The monoisotopic (exact) mass is 519 g/mol. The van der Waals surface area contributed by atoms with Crippen LogP contribution in [0.3, 0.4) is 0 Å². The van der Waals surface area contributed by atoms with Gasteiger partial charge in [-0.25, -0.2) is 0 Å². The SMILES string of the molecule is CCNC(=NCC1CCN(CC)C1)NCC1CCCN(C)C1c1cccs1.I. The highest BCUT2D eigenvalue weighted by Gasteiger charge is 2.31. The third-order valence-electron chi connectivity index (χ3n) is 6.04. The van der Waals surface area contributed by atoms with Gasteiger partial charge in [0.2, 0.25) is 0 Å². The molecular weight excluding hydrogens is 481 g/mol. The van der Waals surface area contributed by atoms with Gasteiger partial charge in [-0.05, 0) is 76.2 Å². The molecule has 0 aliphatic carbocycles. The van der Waals surface area contributed by atoms with Gasteiger partial charge in [-0.2, -0.15) is 0 Å². The summed E-state index contributed by atoms with van der Waals surface area (Å²) in [5.74, 6) is 2.33. The highest BCUT2D eigenvalue weighted by Crippen LogP contribution is 2.36. The second kappa shape index (κ2) is 12.3. The number of thiophene rings is 1. The summed E-state index contributed by atoms with van der Waals surface area (Å²) >= 11 is 1.89. The summed E-state index contributed by atoms with van der Waals surface area (Å²) in [7, 11) is 2.27. The lowest BCUT2D eigenvalue weighted by atomic mass is 9.88. The molecule has 0 radical (unpaired) electrons. The topological polar surface area (TPSA) is 42.9 Å². The molecule has 3 heterocycles. The first-order chi connectivity index (χ1) is 13.2. The van der Waals surface area contributed by atoms with Crippen molar-refractivity contribution in [2.24, 2.45) is 16.8 Å². The molecule has 1 aromatic heterocycles. The van der Waals surface area contributed by atoms with Crippen molar-refractivity contribution in [3.63, 3.8) is 0 Å². The van der Waals surface area contributed by atoms with Crippen molar-refractivity contribution in [1.82, 2.24) is 20.4 Å². The molecule has 3 atom stereocenters. The van der Waals surface area contributed by atoms with Crippen molar-refractivity contribution < 1.29 is 0 Å². The molecule has 2 aliphatic rings. The lowest BCUT2D eigenvalue weighted by molar-refractivity contribution is 0.125. The molecule has 3 unspecified atom stereocenters. The summed E-state index contributed by atoms with van der Waals surface area (Å²) in [5.41, 5.74) is 0. The normalized spacial score (nSPS) is 26.8. The fraction of sp³-hybridized carbons (Fsp3) is 0.762. The molecule has 0 aromatic carbocycles. The van der Waals surface area contributed by atoms with Gasteiger partial charge in [-0.3, -0.25) is 9.89 Å². The number of piperidine rings is 1. The van der Waals surface area contributed by atoms with Gasteiger partial charge in [0.15, 0.2) is 5.96 Å². The van der Waals surface area contributed by atoms with E-state index in [0.717, 1.165) is 32.1 Å². The van der Waals surface area contributed by atoms with Crippen LogP contribution in [0.2, 0.25) is 0 Å². The van der Waals surface area contributed by atoms with Crippen LogP contribution in [-0.2, 0) is 0 Å². The number of hydrogen-bond acceptors (Lipinski definition) is 4. The van der Waals surface area contributed by atoms with Crippen LogP contribution < -0.4 is 10.6 Å². The van der Waals surface area contributed by atoms with Crippen molar-refractivity contribution in [2.75, 3.05) is 52.9 Å². The smallest absolute Gasteiger partial charge is 0.191 e. The number of nitrogens with one attached hydrogen (secondary N) is 2. The fourth-order valence-corrected chi connectivity index (χ4v) is 5.50. The van der Waals surface area contributed by atoms with Crippen molar-refractivity contribution in [3.05, 3.63) is 22.4 Å². The third kappa shape index (κ3) is 6.57. The zero-order valence-corrected chi connectivity index (χ0v) is 20.8. The molecule has 0 spiro atoms. The molecule has 7 heteroatoms. The quantitative estimate of drug-likeness (QED) is 0.328. The maximum atomic E-state index is 4.91. The van der Waals surface area contributed by atoms with Gasteiger partial charge in [-0.15, -0.1) is 35.3 Å². The average Bonchev–Trinajstić information content (AvgIpc) is 3.35. The van der Waals surface area contributed by atoms with E-state index in [9.17, 15) is 0 Å². The van der Waals surface area contributed by atoms with Gasteiger partial charge in [0.25, 0.3) is 0 Å². The Bertz CT molecular complexity index is 579. The van der Waals surface area contributed by atoms with Crippen LogP contribution in [-0.4, -0.2) is 68.6 Å². The number of rotatable bonds is 7. The van der Waals surface area contributed by atoms with E-state index in [1.165, 1.54) is 43.8 Å². The lowest BCUT2D eigenvalue weighted by Crippen LogP contribution is -2.45. The Kier molecular flexibility index (Phi) is 10.5. The van der Waals surface area contributed by atoms with Crippen molar-refractivity contribution in [3.8, 4) is 0 Å². The summed E-state index contributed by atoms with van der Waals surface area (Å²) in [6.07, 6.45) is 3.85. The largest absolute Gasteiger partial charge is 0.357 e. The predicted octanol–water partition coefficient (Wildman–Crippen LogP) is 3.65. The molecule has 2 fully saturated rings. The van der Waals surface area contributed by atoms with Crippen molar-refractivity contribution >= 4 is 41.3 Å². The number of likely N-dealkylation sites (tertiary alicyclic amines) is 2. The van der Waals surface area contributed by atoms with Crippen LogP contribution in [0.25, 0.3) is 0 Å². The Morgan fingerprint density at radius 2 is 2.11 bits per heavy atom. The van der Waals surface area contributed by atoms with Crippen LogP contribution in [0.1, 0.15) is 44.0 Å². The minimum absolute atomic E-state index is 0. The Morgan fingerprint density at radius 3 is 2.79 bits per heavy atom. The van der Waals surface area contributed by atoms with Gasteiger partial charge < -0.3 is 15.5 Å². The highest BCUT2D eigenvalue weighted by atomic mass is 127. The van der Waals surface area contributed by atoms with Crippen LogP contribution in [0.4, 0.5) is 0 Å². The first-order valence-corrected chi connectivity index (χ1v) is 11.6. The van der Waals surface area contributed by atoms with Gasteiger partial charge in [-0.1, -0.05) is 13.0 Å². The molecule has 3 rings (SSSR count). The van der Waals surface area contributed by atoms with Crippen molar-refractivity contribution in [1.29, 1.82) is 0 Å². The molecule has 2 saturated heterocycles. The predicted molar refractivity (Wildman–Crippen MR) is 132 cm³/mol. The Labute approximate surface area is 192 Å². The van der Waals surface area contributed by atoms with E-state index in [1.54, 1.807) is 0 Å². The van der Waals surface area contributed by atoms with E-state index in [2.05, 4.69) is 58.8 Å². The molecule has 28 heavy (non-hydrogen) atoms. The summed E-state index contributed by atoms with van der Waals surface area (Å²) in [4.78, 5) is 11.5. The first-order valence-electron chi connectivity index (χ1n) is 10.7. The third-order valence-corrected chi connectivity index (χ3v) is 6.99. The maximum Gasteiger partial charge on any atom is 0.191 e. The summed E-state index contributed by atoms with van der Waals surface area (Å²) in [5, 5.41) is 9.31. The van der Waals surface area contributed by atoms with E-state index < -0.39 is 0 Å². The molecule has 2 N–H and O–H groups in total. The number of nitrogens with zero attached hydrogens (tertiary/aromatic N) is 3. The first kappa shape index (κ1) is 23.9. The standard InChI is InChI=1S/C21H37N5S.HI/c1-4-22-21(23-14-17-10-12-26(5-2)16-17)24-15-18-8-6-11-25(3)20(18)19-9-7-13-27-19;/h7,9,13,17-18,20H,4-6,8,10-12,14-16H2,1-3H3,(H2,22,23,24);1H. The molecule has 2 aliphatic heterocycles. The summed E-state index contributed by atoms with van der Waals surface area (Å²) in [6, 6.07) is 5.00. The second-order valence-corrected chi connectivity index (χ2v) is 8.97. The van der Waals surface area contributed by atoms with Gasteiger partial charge in [0.1, 0.15) is 0 Å². The minimum Gasteiger partial charge on any atom is -0.357 e. The highest BCUT2D eigenvalue weighted by molar-refractivity contribution is 14.0. The zero-order valence-electron chi connectivity index (χ0n) is 17.7. The van der Waals surface area contributed by atoms with E-state index in [-0.39, 0.29) is 24.0 Å². The Morgan fingerprint density at radius 1 is 1.25 bits per heavy atom. The van der Waals surface area contributed by atoms with Gasteiger partial charge in [0.05, 0.1) is 0 Å². The molecule has 5 nitrogen and oxygen atoms in total. The number of aliphatic imine (C=N–C) groups is 1. The number of guanidine groups is 1. The maximum absolute atomic E-state index is 4.91. The van der Waals surface area contributed by atoms with E-state index in [0.29, 0.717) is 17.9 Å². The average molecular weight is 520 g/mol. The fourth-order valence-electron chi connectivity index (χ4n) is 4.52. The molecule has 1 aromatic rings. The molecule has 160 valence electrons. The van der Waals surface area contributed by atoms with E-state index in [4.69, 9.17) is 4.99 Å². The number of halogens is 1. The summed E-state index contributed by atoms with van der Waals surface area (Å²) < 4.78 is 0. The van der Waals surface area contributed by atoms with Crippen LogP contribution in [0, 0.1) is 11.8 Å². The minimum atomic E-state index is 0. The zero-order chi connectivity index (χ0) is 19.1. The molecule has 0 bridgehead atoms. The molecule has 0 amide bonds. The second-order valence-electron chi connectivity index (χ2n) is 7.99. The van der Waals surface area contributed by atoms with Gasteiger partial charge >= 0.3 is 0 Å². The van der Waals surface area contributed by atoms with E-state index in [1.807, 2.05) is 11.3 Å². The number of hydrogen-bond donors (Lipinski definition) is 2. The van der Waals surface area contributed by atoms with Gasteiger partial charge in [0, 0.05) is 37.1 Å². The van der Waals surface area contributed by atoms with E-state index >= 15 is 0 Å². The Hall–Kier alpha value is -0.380. The lowest BCUT2D eigenvalue weighted by Gasteiger charge is -2.39. The van der Waals surface area contributed by atoms with Crippen LogP contribution >= 0.6 is 35.3 Å².